The van der Waals surface area contributed by atoms with E-state index in [0.717, 1.165) is 25.1 Å². The first-order chi connectivity index (χ1) is 8.58. The fourth-order valence-corrected chi connectivity index (χ4v) is 2.34. The maximum atomic E-state index is 13.2. The molecule has 1 heterocycles. The van der Waals surface area contributed by atoms with Gasteiger partial charge in [-0.25, -0.2) is 4.39 Å². The van der Waals surface area contributed by atoms with Gasteiger partial charge < -0.3 is 10.6 Å². The first-order valence-electron chi connectivity index (χ1n) is 6.35. The molecule has 18 heavy (non-hydrogen) atoms. The quantitative estimate of drug-likeness (QED) is 0.859. The van der Waals surface area contributed by atoms with E-state index in [0.29, 0.717) is 11.5 Å². The summed E-state index contributed by atoms with van der Waals surface area (Å²) in [6, 6.07) is 4.41. The minimum atomic E-state index is -0.374. The molecule has 1 aromatic carbocycles. The summed E-state index contributed by atoms with van der Waals surface area (Å²) in [5, 5.41) is 6.24. The predicted molar refractivity (Wildman–Crippen MR) is 69.0 cm³/mol. The van der Waals surface area contributed by atoms with Gasteiger partial charge in [0.1, 0.15) is 5.82 Å². The minimum absolute atomic E-state index is 0.107. The van der Waals surface area contributed by atoms with Gasteiger partial charge in [0.2, 0.25) is 0 Å². The van der Waals surface area contributed by atoms with Gasteiger partial charge in [-0.05, 0) is 57.0 Å². The Bertz CT molecular complexity index is 441. The van der Waals surface area contributed by atoms with Gasteiger partial charge in [0.15, 0.2) is 0 Å². The molecule has 2 atom stereocenters. The summed E-state index contributed by atoms with van der Waals surface area (Å²) in [5.41, 5.74) is 1.22. The van der Waals surface area contributed by atoms with Crippen LogP contribution in [0.5, 0.6) is 0 Å². The van der Waals surface area contributed by atoms with E-state index in [2.05, 4.69) is 10.6 Å². The maximum Gasteiger partial charge on any atom is 0.251 e. The van der Waals surface area contributed by atoms with E-state index in [1.807, 2.05) is 13.8 Å². The first kappa shape index (κ1) is 13.0. The van der Waals surface area contributed by atoms with Crippen LogP contribution in [0.4, 0.5) is 4.39 Å². The molecule has 0 aromatic heterocycles. The summed E-state index contributed by atoms with van der Waals surface area (Å²) < 4.78 is 13.2. The topological polar surface area (TPSA) is 41.1 Å². The molecule has 1 fully saturated rings. The van der Waals surface area contributed by atoms with E-state index in [4.69, 9.17) is 0 Å². The van der Waals surface area contributed by atoms with Crippen LogP contribution in [0.25, 0.3) is 0 Å². The normalized spacial score (nSPS) is 20.7. The molecular formula is C14H19FN2O. The number of rotatable bonds is 3. The number of hydrogen-bond donors (Lipinski definition) is 2. The van der Waals surface area contributed by atoms with E-state index < -0.39 is 0 Å². The zero-order valence-electron chi connectivity index (χ0n) is 10.8. The third-order valence-electron chi connectivity index (χ3n) is 3.61. The van der Waals surface area contributed by atoms with Crippen molar-refractivity contribution in [3.8, 4) is 0 Å². The van der Waals surface area contributed by atoms with Crippen LogP contribution in [0.1, 0.15) is 29.3 Å². The second-order valence-corrected chi connectivity index (χ2v) is 4.97. The fraction of sp³-hybridized carbons (Fsp3) is 0.500. The van der Waals surface area contributed by atoms with Crippen LogP contribution in [0.2, 0.25) is 0 Å². The molecule has 0 bridgehead atoms. The lowest BCUT2D eigenvalue weighted by Crippen LogP contribution is -2.39. The van der Waals surface area contributed by atoms with Gasteiger partial charge in [0.25, 0.3) is 5.91 Å². The molecule has 0 radical (unpaired) electrons. The lowest BCUT2D eigenvalue weighted by atomic mass is 9.99. The molecule has 2 N–H and O–H groups in total. The average Bonchev–Trinajstić information content (AvgIpc) is 2.85. The number of halogens is 1. The van der Waals surface area contributed by atoms with Crippen molar-refractivity contribution >= 4 is 5.91 Å². The van der Waals surface area contributed by atoms with Gasteiger partial charge in [-0.15, -0.1) is 0 Å². The Labute approximate surface area is 107 Å². The van der Waals surface area contributed by atoms with Gasteiger partial charge in [0, 0.05) is 11.6 Å². The van der Waals surface area contributed by atoms with Crippen LogP contribution in [0, 0.1) is 18.7 Å². The first-order valence-corrected chi connectivity index (χ1v) is 6.35. The van der Waals surface area contributed by atoms with Gasteiger partial charge >= 0.3 is 0 Å². The summed E-state index contributed by atoms with van der Waals surface area (Å²) in [4.78, 5) is 12.1. The lowest BCUT2D eigenvalue weighted by molar-refractivity contribution is 0.0927. The van der Waals surface area contributed by atoms with Crippen molar-refractivity contribution in [2.75, 3.05) is 13.1 Å². The van der Waals surface area contributed by atoms with Crippen molar-refractivity contribution in [3.05, 3.63) is 35.1 Å². The van der Waals surface area contributed by atoms with E-state index in [-0.39, 0.29) is 17.8 Å². The Hall–Kier alpha value is -1.42. The summed E-state index contributed by atoms with van der Waals surface area (Å²) in [6.07, 6.45) is 1.07. The molecule has 98 valence electrons. The Morgan fingerprint density at radius 2 is 2.33 bits per heavy atom. The average molecular weight is 250 g/mol. The van der Waals surface area contributed by atoms with Crippen molar-refractivity contribution in [2.45, 2.75) is 26.3 Å². The van der Waals surface area contributed by atoms with Gasteiger partial charge in [-0.3, -0.25) is 4.79 Å². The highest BCUT2D eigenvalue weighted by Crippen LogP contribution is 2.15. The number of carbonyl (C=O) groups is 1. The van der Waals surface area contributed by atoms with Crippen molar-refractivity contribution < 1.29 is 9.18 Å². The number of amides is 1. The largest absolute Gasteiger partial charge is 0.349 e. The molecule has 0 spiro atoms. The third kappa shape index (κ3) is 2.88. The van der Waals surface area contributed by atoms with Crippen LogP contribution in [0.15, 0.2) is 18.2 Å². The van der Waals surface area contributed by atoms with E-state index in [1.165, 1.54) is 12.1 Å². The van der Waals surface area contributed by atoms with E-state index in [9.17, 15) is 9.18 Å². The Balaban J connectivity index is 2.04. The van der Waals surface area contributed by atoms with Crippen molar-refractivity contribution in [1.82, 2.24) is 10.6 Å². The van der Waals surface area contributed by atoms with Crippen LogP contribution in [-0.2, 0) is 0 Å². The molecule has 1 aliphatic rings. The zero-order chi connectivity index (χ0) is 13.1. The van der Waals surface area contributed by atoms with Crippen molar-refractivity contribution in [1.29, 1.82) is 0 Å². The lowest BCUT2D eigenvalue weighted by Gasteiger charge is -2.20. The number of benzene rings is 1. The number of nitrogens with one attached hydrogen (secondary N) is 2. The van der Waals surface area contributed by atoms with E-state index in [1.54, 1.807) is 6.07 Å². The van der Waals surface area contributed by atoms with Crippen LogP contribution < -0.4 is 10.6 Å². The van der Waals surface area contributed by atoms with Crippen LogP contribution >= 0.6 is 0 Å². The Morgan fingerprint density at radius 1 is 1.56 bits per heavy atom. The highest BCUT2D eigenvalue weighted by Gasteiger charge is 2.23. The van der Waals surface area contributed by atoms with Crippen LogP contribution in [-0.4, -0.2) is 25.0 Å². The van der Waals surface area contributed by atoms with Gasteiger partial charge in [-0.2, -0.15) is 0 Å². The van der Waals surface area contributed by atoms with Crippen LogP contribution in [0.3, 0.4) is 0 Å². The summed E-state index contributed by atoms with van der Waals surface area (Å²) in [5.74, 6) is -0.102. The molecule has 0 aliphatic carbocycles. The Kier molecular flexibility index (Phi) is 3.97. The molecular weight excluding hydrogens is 231 g/mol. The predicted octanol–water partition coefficient (Wildman–Crippen LogP) is 1.86. The molecule has 1 aliphatic heterocycles. The second kappa shape index (κ2) is 5.48. The molecule has 3 nitrogen and oxygen atoms in total. The second-order valence-electron chi connectivity index (χ2n) is 4.97. The zero-order valence-corrected chi connectivity index (χ0v) is 10.8. The summed E-state index contributed by atoms with van der Waals surface area (Å²) >= 11 is 0. The highest BCUT2D eigenvalue weighted by atomic mass is 19.1. The highest BCUT2D eigenvalue weighted by molar-refractivity contribution is 5.95. The number of hydrogen-bond acceptors (Lipinski definition) is 2. The van der Waals surface area contributed by atoms with Crippen molar-refractivity contribution in [3.63, 3.8) is 0 Å². The molecule has 1 amide bonds. The molecule has 2 rings (SSSR count). The van der Waals surface area contributed by atoms with Crippen molar-refractivity contribution in [2.24, 2.45) is 5.92 Å². The fourth-order valence-electron chi connectivity index (χ4n) is 2.34. The van der Waals surface area contributed by atoms with E-state index >= 15 is 0 Å². The maximum absolute atomic E-state index is 13.2. The third-order valence-corrected chi connectivity index (χ3v) is 3.61. The molecule has 0 saturated carbocycles. The summed E-state index contributed by atoms with van der Waals surface area (Å²) in [6.45, 7) is 5.76. The standard InChI is InChI=1S/C14H19FN2O/c1-9-3-4-12(15)7-13(9)14(18)17-10(2)11-5-6-16-8-11/h3-4,7,10-11,16H,5-6,8H2,1-2H3,(H,17,18). The minimum Gasteiger partial charge on any atom is -0.349 e. The summed E-state index contributed by atoms with van der Waals surface area (Å²) in [7, 11) is 0. The molecule has 2 unspecified atom stereocenters. The smallest absolute Gasteiger partial charge is 0.251 e. The molecule has 4 heteroatoms. The number of aryl methyl sites for hydroxylation is 1. The number of carbonyl (C=O) groups excluding carboxylic acids is 1. The molecule has 1 saturated heterocycles. The monoisotopic (exact) mass is 250 g/mol. The van der Waals surface area contributed by atoms with Gasteiger partial charge in [0.05, 0.1) is 0 Å². The SMILES string of the molecule is Cc1ccc(F)cc1C(=O)NC(C)C1CCNC1. The van der Waals surface area contributed by atoms with Gasteiger partial charge in [-0.1, -0.05) is 6.07 Å². The molecule has 1 aromatic rings. The Morgan fingerprint density at radius 3 is 3.00 bits per heavy atom.